The fourth-order valence-electron chi connectivity index (χ4n) is 5.24. The Labute approximate surface area is 138 Å². The summed E-state index contributed by atoms with van der Waals surface area (Å²) in [5, 5.41) is 3.71. The molecule has 0 aliphatic heterocycles. The molecule has 0 atom stereocenters. The third kappa shape index (κ3) is 2.43. The van der Waals surface area contributed by atoms with Gasteiger partial charge in [0.05, 0.1) is 16.1 Å². The van der Waals surface area contributed by atoms with E-state index in [0.29, 0.717) is 5.02 Å². The SMILES string of the molecule is O=C(Nc1cc(Br)ccc1Cl)C12CC3CC(CC(C3)C1)C2. The average molecular weight is 369 g/mol. The summed E-state index contributed by atoms with van der Waals surface area (Å²) < 4.78 is 0.938. The van der Waals surface area contributed by atoms with Crippen molar-refractivity contribution in [2.75, 3.05) is 5.32 Å². The number of anilines is 1. The molecule has 0 radical (unpaired) electrons. The van der Waals surface area contributed by atoms with Crippen molar-refractivity contribution < 1.29 is 4.79 Å². The van der Waals surface area contributed by atoms with Crippen LogP contribution in [0.1, 0.15) is 38.5 Å². The number of hydrogen-bond donors (Lipinski definition) is 1. The fraction of sp³-hybridized carbons (Fsp3) is 0.588. The van der Waals surface area contributed by atoms with Gasteiger partial charge in [-0.1, -0.05) is 27.5 Å². The maximum Gasteiger partial charge on any atom is 0.230 e. The van der Waals surface area contributed by atoms with E-state index in [2.05, 4.69) is 21.2 Å². The molecule has 5 rings (SSSR count). The number of carbonyl (C=O) groups excluding carboxylic acids is 1. The second-order valence-corrected chi connectivity index (χ2v) is 8.60. The van der Waals surface area contributed by atoms with Crippen LogP contribution in [-0.2, 0) is 4.79 Å². The van der Waals surface area contributed by atoms with Gasteiger partial charge in [0.25, 0.3) is 0 Å². The van der Waals surface area contributed by atoms with Crippen molar-refractivity contribution >= 4 is 39.1 Å². The summed E-state index contributed by atoms with van der Waals surface area (Å²) in [7, 11) is 0. The molecule has 4 fully saturated rings. The predicted octanol–water partition coefficient (Wildman–Crippen LogP) is 5.26. The molecule has 4 aliphatic carbocycles. The quantitative estimate of drug-likeness (QED) is 0.758. The molecule has 0 unspecified atom stereocenters. The molecule has 0 spiro atoms. The molecule has 1 aromatic carbocycles. The van der Waals surface area contributed by atoms with Crippen LogP contribution in [0, 0.1) is 23.2 Å². The van der Waals surface area contributed by atoms with Crippen molar-refractivity contribution in [1.82, 2.24) is 0 Å². The lowest BCUT2D eigenvalue weighted by molar-refractivity contribution is -0.140. The van der Waals surface area contributed by atoms with Crippen molar-refractivity contribution in [1.29, 1.82) is 0 Å². The lowest BCUT2D eigenvalue weighted by atomic mass is 9.49. The summed E-state index contributed by atoms with van der Waals surface area (Å²) in [6, 6.07) is 5.60. The average Bonchev–Trinajstić information content (AvgIpc) is 2.41. The van der Waals surface area contributed by atoms with E-state index in [1.54, 1.807) is 0 Å². The Morgan fingerprint density at radius 1 is 1.14 bits per heavy atom. The molecule has 4 saturated carbocycles. The van der Waals surface area contributed by atoms with Crippen molar-refractivity contribution in [3.05, 3.63) is 27.7 Å². The molecule has 4 aliphatic rings. The van der Waals surface area contributed by atoms with Gasteiger partial charge in [-0.3, -0.25) is 4.79 Å². The van der Waals surface area contributed by atoms with Crippen LogP contribution in [0.3, 0.4) is 0 Å². The van der Waals surface area contributed by atoms with Crippen molar-refractivity contribution in [3.63, 3.8) is 0 Å². The Morgan fingerprint density at radius 2 is 1.71 bits per heavy atom. The van der Waals surface area contributed by atoms with Gasteiger partial charge in [0.1, 0.15) is 0 Å². The summed E-state index contributed by atoms with van der Waals surface area (Å²) in [4.78, 5) is 12.9. The molecule has 112 valence electrons. The molecule has 2 nitrogen and oxygen atoms in total. The highest BCUT2D eigenvalue weighted by molar-refractivity contribution is 9.10. The van der Waals surface area contributed by atoms with Crippen molar-refractivity contribution in [3.8, 4) is 0 Å². The molecular formula is C17H19BrClNO. The minimum atomic E-state index is -0.125. The number of hydrogen-bond acceptors (Lipinski definition) is 1. The normalized spacial score (nSPS) is 36.8. The molecule has 1 aromatic rings. The van der Waals surface area contributed by atoms with Crippen LogP contribution >= 0.6 is 27.5 Å². The number of nitrogens with one attached hydrogen (secondary N) is 1. The Bertz CT molecular complexity index is 565. The van der Waals surface area contributed by atoms with E-state index >= 15 is 0 Å². The minimum absolute atomic E-state index is 0.125. The summed E-state index contributed by atoms with van der Waals surface area (Å²) in [6.07, 6.45) is 7.29. The Kier molecular flexibility index (Phi) is 3.34. The molecular weight excluding hydrogens is 350 g/mol. The van der Waals surface area contributed by atoms with Crippen LogP contribution in [0.15, 0.2) is 22.7 Å². The largest absolute Gasteiger partial charge is 0.324 e. The van der Waals surface area contributed by atoms with Gasteiger partial charge in [-0.15, -0.1) is 0 Å². The van der Waals surface area contributed by atoms with Crippen LogP contribution in [0.2, 0.25) is 5.02 Å². The molecule has 0 aromatic heterocycles. The standard InChI is InChI=1S/C17H19BrClNO/c18-13-1-2-14(19)15(6-13)20-16(21)17-7-10-3-11(8-17)5-12(4-10)9-17/h1-2,6,10-12H,3-5,7-9H2,(H,20,21). The smallest absolute Gasteiger partial charge is 0.230 e. The van der Waals surface area contributed by atoms with E-state index in [4.69, 9.17) is 11.6 Å². The van der Waals surface area contributed by atoms with Gasteiger partial charge >= 0.3 is 0 Å². The van der Waals surface area contributed by atoms with E-state index in [9.17, 15) is 4.79 Å². The number of rotatable bonds is 2. The van der Waals surface area contributed by atoms with Gasteiger partial charge in [-0.25, -0.2) is 0 Å². The van der Waals surface area contributed by atoms with Crippen LogP contribution < -0.4 is 5.32 Å². The number of benzene rings is 1. The Balaban J connectivity index is 1.59. The fourth-order valence-corrected chi connectivity index (χ4v) is 5.76. The van der Waals surface area contributed by atoms with Crippen LogP contribution in [0.5, 0.6) is 0 Å². The molecule has 4 heteroatoms. The van der Waals surface area contributed by atoms with E-state index in [0.717, 1.165) is 47.2 Å². The first-order chi connectivity index (χ1) is 10.0. The van der Waals surface area contributed by atoms with Gasteiger partial charge in [0, 0.05) is 4.47 Å². The number of carbonyl (C=O) groups is 1. The van der Waals surface area contributed by atoms with E-state index in [-0.39, 0.29) is 11.3 Å². The zero-order valence-electron chi connectivity index (χ0n) is 11.9. The monoisotopic (exact) mass is 367 g/mol. The van der Waals surface area contributed by atoms with Crippen LogP contribution in [-0.4, -0.2) is 5.91 Å². The number of amides is 1. The molecule has 1 amide bonds. The van der Waals surface area contributed by atoms with E-state index < -0.39 is 0 Å². The molecule has 0 heterocycles. The van der Waals surface area contributed by atoms with Crippen LogP contribution in [0.25, 0.3) is 0 Å². The zero-order chi connectivity index (χ0) is 14.6. The maximum atomic E-state index is 12.9. The molecule has 4 bridgehead atoms. The summed E-state index contributed by atoms with van der Waals surface area (Å²) in [6.45, 7) is 0. The highest BCUT2D eigenvalue weighted by atomic mass is 79.9. The third-order valence-electron chi connectivity index (χ3n) is 5.70. The maximum absolute atomic E-state index is 12.9. The summed E-state index contributed by atoms with van der Waals surface area (Å²) >= 11 is 9.65. The van der Waals surface area contributed by atoms with Gasteiger partial charge in [-0.2, -0.15) is 0 Å². The second kappa shape index (κ2) is 4.99. The Hall–Kier alpha value is -0.540. The molecule has 21 heavy (non-hydrogen) atoms. The van der Waals surface area contributed by atoms with Gasteiger partial charge in [0.15, 0.2) is 0 Å². The third-order valence-corrected chi connectivity index (χ3v) is 6.52. The lowest BCUT2D eigenvalue weighted by Crippen LogP contribution is -2.51. The highest BCUT2D eigenvalue weighted by Gasteiger charge is 2.54. The summed E-state index contributed by atoms with van der Waals surface area (Å²) in [5.74, 6) is 2.53. The highest BCUT2D eigenvalue weighted by Crippen LogP contribution is 2.60. The Morgan fingerprint density at radius 3 is 2.29 bits per heavy atom. The van der Waals surface area contributed by atoms with Gasteiger partial charge in [0.2, 0.25) is 5.91 Å². The summed E-state index contributed by atoms with van der Waals surface area (Å²) in [5.41, 5.74) is 0.604. The predicted molar refractivity (Wildman–Crippen MR) is 88.4 cm³/mol. The topological polar surface area (TPSA) is 29.1 Å². The zero-order valence-corrected chi connectivity index (χ0v) is 14.2. The van der Waals surface area contributed by atoms with Crippen molar-refractivity contribution in [2.24, 2.45) is 23.2 Å². The van der Waals surface area contributed by atoms with Gasteiger partial charge in [-0.05, 0) is 74.5 Å². The van der Waals surface area contributed by atoms with E-state index in [1.807, 2.05) is 18.2 Å². The van der Waals surface area contributed by atoms with Crippen molar-refractivity contribution in [2.45, 2.75) is 38.5 Å². The van der Waals surface area contributed by atoms with Gasteiger partial charge < -0.3 is 5.32 Å². The van der Waals surface area contributed by atoms with Crippen LogP contribution in [0.4, 0.5) is 5.69 Å². The number of halogens is 2. The molecule has 0 saturated heterocycles. The lowest BCUT2D eigenvalue weighted by Gasteiger charge is -2.55. The first-order valence-electron chi connectivity index (χ1n) is 7.81. The minimum Gasteiger partial charge on any atom is -0.324 e. The van der Waals surface area contributed by atoms with E-state index in [1.165, 1.54) is 19.3 Å². The first-order valence-corrected chi connectivity index (χ1v) is 8.98. The molecule has 1 N–H and O–H groups in total. The first kappa shape index (κ1) is 14.1. The second-order valence-electron chi connectivity index (χ2n) is 7.28.